The maximum atomic E-state index is 12.6. The largest absolute Gasteiger partial charge is 0.508 e. The highest BCUT2D eigenvalue weighted by Gasteiger charge is 2.51. The number of carbonyl (C=O) groups excluding carboxylic acids is 2. The first-order chi connectivity index (χ1) is 21.9. The second kappa shape index (κ2) is 13.6. The SMILES string of the molecule is COc1ccc(-c2ccc(/C=C/C(=O)OC3COC4C(OC(=O)/C=C/c5ccc(-c6ccc(O)cc6)cc5)COC34)cc2)cc1. The quantitative estimate of drug-likeness (QED) is 0.181. The fraction of sp³-hybridized carbons (Fsp3) is 0.189. The molecule has 4 aromatic carbocycles. The number of hydrogen-bond acceptors (Lipinski definition) is 8. The van der Waals surface area contributed by atoms with Gasteiger partial charge < -0.3 is 28.8 Å². The number of esters is 2. The lowest BCUT2D eigenvalue weighted by molar-refractivity contribution is -0.149. The van der Waals surface area contributed by atoms with E-state index in [1.54, 1.807) is 31.4 Å². The Bertz CT molecular complexity index is 1670. The number of hydrogen-bond donors (Lipinski definition) is 1. The molecule has 0 aromatic heterocycles. The molecular formula is C37H32O8. The van der Waals surface area contributed by atoms with Crippen molar-refractivity contribution >= 4 is 24.1 Å². The minimum Gasteiger partial charge on any atom is -0.508 e. The van der Waals surface area contributed by atoms with Crippen molar-refractivity contribution in [2.45, 2.75) is 24.4 Å². The standard InChI is InChI=1S/C37H32O8/c1-41-31-18-14-29(15-19-31)27-10-4-25(5-11-27)7-21-35(40)45-33-23-43-36-32(22-42-37(33)36)44-34(39)20-6-24-2-8-26(9-3-24)28-12-16-30(38)17-13-28/h2-21,32-33,36-38H,22-23H2,1H3/b20-6+,21-7+. The topological polar surface area (TPSA) is 101 Å². The molecule has 0 spiro atoms. The highest BCUT2D eigenvalue weighted by Crippen LogP contribution is 2.31. The second-order valence-electron chi connectivity index (χ2n) is 10.7. The zero-order valence-electron chi connectivity index (χ0n) is 24.6. The zero-order valence-corrected chi connectivity index (χ0v) is 24.6. The Morgan fingerprint density at radius 3 is 1.40 bits per heavy atom. The smallest absolute Gasteiger partial charge is 0.331 e. The van der Waals surface area contributed by atoms with Gasteiger partial charge in [-0.25, -0.2) is 9.59 Å². The van der Waals surface area contributed by atoms with Gasteiger partial charge in [-0.1, -0.05) is 72.8 Å². The van der Waals surface area contributed by atoms with Crippen LogP contribution in [-0.4, -0.2) is 61.8 Å². The van der Waals surface area contributed by atoms with Crippen molar-refractivity contribution in [1.82, 2.24) is 0 Å². The van der Waals surface area contributed by atoms with E-state index in [-0.39, 0.29) is 19.0 Å². The van der Waals surface area contributed by atoms with Gasteiger partial charge in [-0.3, -0.25) is 0 Å². The molecule has 45 heavy (non-hydrogen) atoms. The fourth-order valence-corrected chi connectivity index (χ4v) is 5.35. The predicted molar refractivity (Wildman–Crippen MR) is 169 cm³/mol. The van der Waals surface area contributed by atoms with Crippen LogP contribution in [0.2, 0.25) is 0 Å². The summed E-state index contributed by atoms with van der Waals surface area (Å²) in [5.74, 6) is -0.00906. The number of fused-ring (bicyclic) bond motifs is 1. The molecule has 2 aliphatic rings. The lowest BCUT2D eigenvalue weighted by Crippen LogP contribution is -2.35. The molecule has 8 nitrogen and oxygen atoms in total. The molecule has 228 valence electrons. The molecule has 1 N–H and O–H groups in total. The zero-order chi connectivity index (χ0) is 31.2. The van der Waals surface area contributed by atoms with Gasteiger partial charge in [0.25, 0.3) is 0 Å². The van der Waals surface area contributed by atoms with Gasteiger partial charge in [-0.2, -0.15) is 0 Å². The van der Waals surface area contributed by atoms with Crippen LogP contribution >= 0.6 is 0 Å². The number of rotatable bonds is 9. The third-order valence-electron chi connectivity index (χ3n) is 7.77. The van der Waals surface area contributed by atoms with E-state index in [1.165, 1.54) is 12.2 Å². The normalized spacial score (nSPS) is 20.7. The number of aromatic hydroxyl groups is 1. The van der Waals surface area contributed by atoms with Crippen LogP contribution in [0.15, 0.2) is 109 Å². The summed E-state index contributed by atoms with van der Waals surface area (Å²) in [5.41, 5.74) is 5.78. The third-order valence-corrected chi connectivity index (χ3v) is 7.77. The van der Waals surface area contributed by atoms with Crippen LogP contribution in [0.3, 0.4) is 0 Å². The maximum Gasteiger partial charge on any atom is 0.331 e. The van der Waals surface area contributed by atoms with Crippen molar-refractivity contribution in [3.63, 3.8) is 0 Å². The van der Waals surface area contributed by atoms with Gasteiger partial charge in [0, 0.05) is 12.2 Å². The van der Waals surface area contributed by atoms with Gasteiger partial charge in [0.05, 0.1) is 20.3 Å². The van der Waals surface area contributed by atoms with E-state index in [0.717, 1.165) is 39.1 Å². The average molecular weight is 605 g/mol. The Morgan fingerprint density at radius 1 is 0.622 bits per heavy atom. The molecule has 8 heteroatoms. The number of phenolic OH excluding ortho intramolecular Hbond substituents is 1. The Morgan fingerprint density at radius 2 is 1.00 bits per heavy atom. The van der Waals surface area contributed by atoms with Crippen molar-refractivity contribution in [3.05, 3.63) is 120 Å². The average Bonchev–Trinajstić information content (AvgIpc) is 3.66. The molecule has 0 aliphatic carbocycles. The van der Waals surface area contributed by atoms with Crippen molar-refractivity contribution in [2.75, 3.05) is 20.3 Å². The van der Waals surface area contributed by atoms with E-state index in [9.17, 15) is 14.7 Å². The van der Waals surface area contributed by atoms with E-state index in [4.69, 9.17) is 23.7 Å². The van der Waals surface area contributed by atoms with Gasteiger partial charge in [0.1, 0.15) is 23.7 Å². The minimum absolute atomic E-state index is 0.153. The van der Waals surface area contributed by atoms with E-state index < -0.39 is 36.4 Å². The molecule has 2 fully saturated rings. The van der Waals surface area contributed by atoms with Gasteiger partial charge >= 0.3 is 11.9 Å². The first-order valence-corrected chi connectivity index (χ1v) is 14.6. The van der Waals surface area contributed by atoms with Crippen LogP contribution < -0.4 is 4.74 Å². The summed E-state index contributed by atoms with van der Waals surface area (Å²) in [4.78, 5) is 25.1. The Hall–Kier alpha value is -5.18. The molecule has 4 unspecified atom stereocenters. The van der Waals surface area contributed by atoms with E-state index in [0.29, 0.717) is 0 Å². The van der Waals surface area contributed by atoms with Crippen LogP contribution in [0.5, 0.6) is 11.5 Å². The number of methoxy groups -OCH3 is 1. The summed E-state index contributed by atoms with van der Waals surface area (Å²) in [6.07, 6.45) is 3.88. The molecule has 4 aromatic rings. The summed E-state index contributed by atoms with van der Waals surface area (Å²) in [7, 11) is 1.64. The van der Waals surface area contributed by atoms with Crippen LogP contribution in [0.25, 0.3) is 34.4 Å². The molecule has 0 saturated carbocycles. The van der Waals surface area contributed by atoms with Crippen molar-refractivity contribution < 1.29 is 38.4 Å². The van der Waals surface area contributed by atoms with Crippen LogP contribution in [0.1, 0.15) is 11.1 Å². The molecule has 2 saturated heterocycles. The maximum absolute atomic E-state index is 12.6. The first kappa shape index (κ1) is 29.9. The molecule has 6 rings (SSSR count). The molecule has 2 aliphatic heterocycles. The lowest BCUT2D eigenvalue weighted by atomic mass is 10.0. The summed E-state index contributed by atoms with van der Waals surface area (Å²) in [6, 6.07) is 30.3. The summed E-state index contributed by atoms with van der Waals surface area (Å²) >= 11 is 0. The monoisotopic (exact) mass is 604 g/mol. The molecular weight excluding hydrogens is 572 g/mol. The Kier molecular flexibility index (Phi) is 9.05. The third kappa shape index (κ3) is 7.32. The number of carbonyl (C=O) groups is 2. The van der Waals surface area contributed by atoms with Gasteiger partial charge in [0.15, 0.2) is 12.2 Å². The van der Waals surface area contributed by atoms with Crippen molar-refractivity contribution in [1.29, 1.82) is 0 Å². The molecule has 0 radical (unpaired) electrons. The van der Waals surface area contributed by atoms with E-state index >= 15 is 0 Å². The first-order valence-electron chi connectivity index (χ1n) is 14.6. The Balaban J connectivity index is 0.969. The molecule has 4 atom stereocenters. The molecule has 0 bridgehead atoms. The summed E-state index contributed by atoms with van der Waals surface area (Å²) < 4.78 is 28.0. The van der Waals surface area contributed by atoms with Crippen LogP contribution in [-0.2, 0) is 28.5 Å². The van der Waals surface area contributed by atoms with Crippen LogP contribution in [0.4, 0.5) is 0 Å². The highest BCUT2D eigenvalue weighted by atomic mass is 16.7. The Labute approximate surface area is 261 Å². The number of phenols is 1. The second-order valence-corrected chi connectivity index (χ2v) is 10.7. The van der Waals surface area contributed by atoms with Crippen molar-refractivity contribution in [2.24, 2.45) is 0 Å². The van der Waals surface area contributed by atoms with Gasteiger partial charge in [-0.05, 0) is 69.8 Å². The lowest BCUT2D eigenvalue weighted by Gasteiger charge is -2.16. The highest BCUT2D eigenvalue weighted by molar-refractivity contribution is 5.88. The molecule has 2 heterocycles. The molecule has 0 amide bonds. The van der Waals surface area contributed by atoms with Gasteiger partial charge in [-0.15, -0.1) is 0 Å². The summed E-state index contributed by atoms with van der Waals surface area (Å²) in [6.45, 7) is 0.309. The van der Waals surface area contributed by atoms with Crippen LogP contribution in [0, 0.1) is 0 Å². The predicted octanol–water partition coefficient (Wildman–Crippen LogP) is 6.08. The van der Waals surface area contributed by atoms with Gasteiger partial charge in [0.2, 0.25) is 0 Å². The van der Waals surface area contributed by atoms with Crippen molar-refractivity contribution in [3.8, 4) is 33.8 Å². The number of ether oxygens (including phenoxy) is 5. The van der Waals surface area contributed by atoms with E-state index in [2.05, 4.69) is 0 Å². The minimum atomic E-state index is -0.604. The fourth-order valence-electron chi connectivity index (χ4n) is 5.35. The summed E-state index contributed by atoms with van der Waals surface area (Å²) in [5, 5.41) is 9.47. The van der Waals surface area contributed by atoms with E-state index in [1.807, 2.05) is 84.9 Å². The number of benzene rings is 4.